The maximum absolute atomic E-state index is 13.2. The molecule has 2 aromatic rings. The van der Waals surface area contributed by atoms with E-state index < -0.39 is 17.7 Å². The number of halogens is 1. The van der Waals surface area contributed by atoms with Crippen molar-refractivity contribution in [3.05, 3.63) is 51.7 Å². The van der Waals surface area contributed by atoms with Gasteiger partial charge in [0.25, 0.3) is 11.8 Å². The van der Waals surface area contributed by atoms with Crippen LogP contribution in [-0.2, 0) is 9.53 Å². The molecule has 2 N–H and O–H groups in total. The Balaban J connectivity index is 1.78. The molecule has 3 amide bonds. The van der Waals surface area contributed by atoms with Crippen molar-refractivity contribution >= 4 is 40.0 Å². The van der Waals surface area contributed by atoms with Gasteiger partial charge in [0.2, 0.25) is 5.91 Å². The van der Waals surface area contributed by atoms with E-state index in [1.165, 1.54) is 31.3 Å². The van der Waals surface area contributed by atoms with E-state index in [1.54, 1.807) is 18.7 Å². The molecule has 1 saturated heterocycles. The summed E-state index contributed by atoms with van der Waals surface area (Å²) < 4.78 is 18.3. The van der Waals surface area contributed by atoms with Crippen molar-refractivity contribution in [1.29, 1.82) is 0 Å². The molecule has 0 unspecified atom stereocenters. The van der Waals surface area contributed by atoms with E-state index in [0.717, 1.165) is 11.3 Å². The van der Waals surface area contributed by atoms with Gasteiger partial charge in [0, 0.05) is 25.7 Å². The van der Waals surface area contributed by atoms with E-state index in [4.69, 9.17) is 4.74 Å². The standard InChI is InChI=1S/C23H26FN3O5S/c1-4-32-23(31)17-13(2)18(20(29)25-3)33-21(17)26-19(28)15-6-5-11-27(12-15)22(30)14-7-9-16(24)10-8-14/h7-10,15H,4-6,11-12H2,1-3H3,(H,25,29)(H,26,28)/t15-/m1/s1. The summed E-state index contributed by atoms with van der Waals surface area (Å²) >= 11 is 1.01. The zero-order valence-electron chi connectivity index (χ0n) is 18.7. The van der Waals surface area contributed by atoms with Gasteiger partial charge in [-0.1, -0.05) is 0 Å². The fraction of sp³-hybridized carbons (Fsp3) is 0.391. The summed E-state index contributed by atoms with van der Waals surface area (Å²) in [6.07, 6.45) is 1.20. The number of nitrogens with one attached hydrogen (secondary N) is 2. The summed E-state index contributed by atoms with van der Waals surface area (Å²) in [5.74, 6) is -2.52. The first-order valence-electron chi connectivity index (χ1n) is 10.6. The second kappa shape index (κ2) is 10.6. The molecule has 0 saturated carbocycles. The molecule has 1 atom stereocenters. The number of piperidine rings is 1. The van der Waals surface area contributed by atoms with Crippen LogP contribution in [0.15, 0.2) is 24.3 Å². The van der Waals surface area contributed by atoms with E-state index in [0.29, 0.717) is 35.4 Å². The van der Waals surface area contributed by atoms with Crippen molar-refractivity contribution in [2.75, 3.05) is 32.1 Å². The van der Waals surface area contributed by atoms with Crippen LogP contribution in [-0.4, -0.2) is 55.3 Å². The van der Waals surface area contributed by atoms with Gasteiger partial charge >= 0.3 is 5.97 Å². The number of benzene rings is 1. The molecule has 8 nitrogen and oxygen atoms in total. The van der Waals surface area contributed by atoms with Gasteiger partial charge in [-0.25, -0.2) is 9.18 Å². The number of rotatable bonds is 6. The zero-order valence-corrected chi connectivity index (χ0v) is 19.5. The molecule has 10 heteroatoms. The SMILES string of the molecule is CCOC(=O)c1c(NC(=O)[C@@H]2CCCN(C(=O)c3ccc(F)cc3)C2)sc(C(=O)NC)c1C. The quantitative estimate of drug-likeness (QED) is 0.625. The van der Waals surface area contributed by atoms with Gasteiger partial charge in [-0.15, -0.1) is 11.3 Å². The third kappa shape index (κ3) is 5.39. The van der Waals surface area contributed by atoms with Crippen LogP contribution >= 0.6 is 11.3 Å². The van der Waals surface area contributed by atoms with Crippen LogP contribution in [0.5, 0.6) is 0 Å². The predicted molar refractivity (Wildman–Crippen MR) is 122 cm³/mol. The predicted octanol–water partition coefficient (Wildman–Crippen LogP) is 3.22. The van der Waals surface area contributed by atoms with Crippen LogP contribution in [0.25, 0.3) is 0 Å². The molecule has 1 aliphatic rings. The van der Waals surface area contributed by atoms with Crippen molar-refractivity contribution in [1.82, 2.24) is 10.2 Å². The van der Waals surface area contributed by atoms with Crippen LogP contribution in [0.1, 0.15) is 55.7 Å². The lowest BCUT2D eigenvalue weighted by atomic mass is 9.96. The minimum Gasteiger partial charge on any atom is -0.462 e. The Hall–Kier alpha value is -3.27. The topological polar surface area (TPSA) is 105 Å². The van der Waals surface area contributed by atoms with Crippen molar-refractivity contribution in [3.8, 4) is 0 Å². The fourth-order valence-electron chi connectivity index (χ4n) is 3.75. The maximum atomic E-state index is 13.2. The van der Waals surface area contributed by atoms with E-state index in [9.17, 15) is 23.6 Å². The number of hydrogen-bond donors (Lipinski definition) is 2. The highest BCUT2D eigenvalue weighted by molar-refractivity contribution is 7.18. The number of nitrogens with zero attached hydrogens (tertiary/aromatic N) is 1. The van der Waals surface area contributed by atoms with E-state index in [-0.39, 0.29) is 41.4 Å². The number of anilines is 1. The lowest BCUT2D eigenvalue weighted by Gasteiger charge is -2.32. The van der Waals surface area contributed by atoms with E-state index >= 15 is 0 Å². The molecular weight excluding hydrogens is 449 g/mol. The van der Waals surface area contributed by atoms with Gasteiger partial charge < -0.3 is 20.3 Å². The number of esters is 1. The van der Waals surface area contributed by atoms with Crippen LogP contribution < -0.4 is 10.6 Å². The van der Waals surface area contributed by atoms with Crippen LogP contribution in [0.3, 0.4) is 0 Å². The first-order valence-corrected chi connectivity index (χ1v) is 11.5. The molecule has 0 spiro atoms. The number of carbonyl (C=O) groups excluding carboxylic acids is 4. The normalized spacial score (nSPS) is 15.6. The van der Waals surface area contributed by atoms with Crippen molar-refractivity contribution in [3.63, 3.8) is 0 Å². The molecule has 1 fully saturated rings. The number of hydrogen-bond acceptors (Lipinski definition) is 6. The summed E-state index contributed by atoms with van der Waals surface area (Å²) in [5, 5.41) is 5.55. The Morgan fingerprint density at radius 2 is 1.91 bits per heavy atom. The minimum absolute atomic E-state index is 0.153. The van der Waals surface area contributed by atoms with Crippen LogP contribution in [0.4, 0.5) is 9.39 Å². The fourth-order valence-corrected chi connectivity index (χ4v) is 4.89. The van der Waals surface area contributed by atoms with Crippen molar-refractivity contribution in [2.45, 2.75) is 26.7 Å². The molecule has 0 aliphatic carbocycles. The Morgan fingerprint density at radius 3 is 2.55 bits per heavy atom. The molecule has 1 aliphatic heterocycles. The van der Waals surface area contributed by atoms with Crippen LogP contribution in [0.2, 0.25) is 0 Å². The average molecular weight is 476 g/mol. The highest BCUT2D eigenvalue weighted by Gasteiger charge is 2.32. The largest absolute Gasteiger partial charge is 0.462 e. The number of amides is 3. The van der Waals surface area contributed by atoms with Crippen LogP contribution in [0, 0.1) is 18.7 Å². The summed E-state index contributed by atoms with van der Waals surface area (Å²) in [6, 6.07) is 5.28. The molecule has 1 aromatic carbocycles. The van der Waals surface area contributed by atoms with E-state index in [2.05, 4.69) is 10.6 Å². The Bertz CT molecular complexity index is 1070. The monoisotopic (exact) mass is 475 g/mol. The highest BCUT2D eigenvalue weighted by Crippen LogP contribution is 2.34. The first kappa shape index (κ1) is 24.4. The summed E-state index contributed by atoms with van der Waals surface area (Å²) in [6.45, 7) is 4.15. The van der Waals surface area contributed by atoms with Crippen molar-refractivity contribution in [2.24, 2.45) is 5.92 Å². The number of carbonyl (C=O) groups is 4. The second-order valence-electron chi connectivity index (χ2n) is 7.65. The lowest BCUT2D eigenvalue weighted by Crippen LogP contribution is -2.43. The Labute approximate surface area is 195 Å². The minimum atomic E-state index is -0.617. The smallest absolute Gasteiger partial charge is 0.341 e. The van der Waals surface area contributed by atoms with Gasteiger partial charge in [0.1, 0.15) is 10.8 Å². The summed E-state index contributed by atoms with van der Waals surface area (Å²) in [7, 11) is 1.48. The summed E-state index contributed by atoms with van der Waals surface area (Å²) in [4.78, 5) is 52.4. The third-order valence-corrected chi connectivity index (χ3v) is 6.67. The first-order chi connectivity index (χ1) is 15.8. The van der Waals surface area contributed by atoms with Gasteiger partial charge in [0.05, 0.1) is 23.0 Å². The molecule has 176 valence electrons. The Kier molecular flexibility index (Phi) is 7.80. The van der Waals surface area contributed by atoms with Crippen molar-refractivity contribution < 1.29 is 28.3 Å². The molecule has 33 heavy (non-hydrogen) atoms. The average Bonchev–Trinajstić information content (AvgIpc) is 3.14. The van der Waals surface area contributed by atoms with Gasteiger partial charge in [0.15, 0.2) is 0 Å². The Morgan fingerprint density at radius 1 is 1.21 bits per heavy atom. The molecule has 1 aromatic heterocycles. The molecule has 0 radical (unpaired) electrons. The molecule has 2 heterocycles. The highest BCUT2D eigenvalue weighted by atomic mass is 32.1. The molecule has 0 bridgehead atoms. The number of thiophene rings is 1. The van der Waals surface area contributed by atoms with Gasteiger partial charge in [-0.05, 0) is 56.5 Å². The van der Waals surface area contributed by atoms with E-state index in [1.807, 2.05) is 0 Å². The second-order valence-corrected chi connectivity index (χ2v) is 8.67. The maximum Gasteiger partial charge on any atom is 0.341 e. The number of likely N-dealkylation sites (tertiary alicyclic amines) is 1. The molecule has 3 rings (SSSR count). The van der Waals surface area contributed by atoms with Gasteiger partial charge in [-0.2, -0.15) is 0 Å². The molecular formula is C23H26FN3O5S. The summed E-state index contributed by atoms with van der Waals surface area (Å²) in [5.41, 5.74) is 0.944. The lowest BCUT2D eigenvalue weighted by molar-refractivity contribution is -0.121. The number of ether oxygens (including phenoxy) is 1. The third-order valence-electron chi connectivity index (χ3n) is 5.47. The van der Waals surface area contributed by atoms with Gasteiger partial charge in [-0.3, -0.25) is 14.4 Å². The zero-order chi connectivity index (χ0) is 24.1.